The second-order valence-corrected chi connectivity index (χ2v) is 4.79. The van der Waals surface area contributed by atoms with Crippen LogP contribution in [0, 0.1) is 0 Å². The Balaban J connectivity index is 2.05. The van der Waals surface area contributed by atoms with Crippen molar-refractivity contribution in [3.63, 3.8) is 0 Å². The summed E-state index contributed by atoms with van der Waals surface area (Å²) in [7, 11) is 0. The van der Waals surface area contributed by atoms with Crippen LogP contribution in [0.3, 0.4) is 0 Å². The minimum atomic E-state index is 0.541. The molecule has 0 aliphatic carbocycles. The van der Waals surface area contributed by atoms with E-state index in [1.165, 1.54) is 4.88 Å². The van der Waals surface area contributed by atoms with Crippen LogP contribution in [0.5, 0.6) is 0 Å². The molecule has 0 spiro atoms. The van der Waals surface area contributed by atoms with E-state index in [9.17, 15) is 0 Å². The Hall–Kier alpha value is -0.770. The summed E-state index contributed by atoms with van der Waals surface area (Å²) in [6.07, 6.45) is 1.57. The van der Waals surface area contributed by atoms with E-state index in [1.54, 1.807) is 23.6 Å². The summed E-state index contributed by atoms with van der Waals surface area (Å²) in [5, 5.41) is 6.27. The monoisotopic (exact) mass is 258 g/mol. The van der Waals surface area contributed by atoms with E-state index in [0.29, 0.717) is 15.9 Å². The molecule has 0 unspecified atom stereocenters. The van der Waals surface area contributed by atoms with Gasteiger partial charge >= 0.3 is 0 Å². The van der Waals surface area contributed by atoms with Gasteiger partial charge in [-0.15, -0.1) is 11.3 Å². The van der Waals surface area contributed by atoms with Gasteiger partial charge in [-0.25, -0.2) is 4.98 Å². The topological polar surface area (TPSA) is 24.9 Å². The first-order valence-electron chi connectivity index (χ1n) is 4.33. The van der Waals surface area contributed by atoms with Gasteiger partial charge in [0.25, 0.3) is 0 Å². The average molecular weight is 259 g/mol. The second kappa shape index (κ2) is 4.84. The number of nitrogens with one attached hydrogen (secondary N) is 1. The molecule has 1 N–H and O–H groups in total. The van der Waals surface area contributed by atoms with Crippen LogP contribution in [0.4, 0.5) is 5.82 Å². The number of nitrogens with zero attached hydrogens (tertiary/aromatic N) is 1. The summed E-state index contributed by atoms with van der Waals surface area (Å²) in [5.74, 6) is 0.662. The van der Waals surface area contributed by atoms with Crippen molar-refractivity contribution in [3.05, 3.63) is 44.7 Å². The number of hydrogen-bond donors (Lipinski definition) is 1. The SMILES string of the molecule is Clc1cnc(NCc2cccs2)c(Cl)c1. The van der Waals surface area contributed by atoms with Crippen molar-refractivity contribution in [1.29, 1.82) is 0 Å². The average Bonchev–Trinajstić information content (AvgIpc) is 2.69. The first kappa shape index (κ1) is 10.7. The molecule has 0 amide bonds. The Bertz CT molecular complexity index is 443. The van der Waals surface area contributed by atoms with Crippen molar-refractivity contribution in [2.75, 3.05) is 5.32 Å². The van der Waals surface area contributed by atoms with E-state index in [0.717, 1.165) is 6.54 Å². The number of halogens is 2. The number of hydrogen-bond acceptors (Lipinski definition) is 3. The van der Waals surface area contributed by atoms with Gasteiger partial charge in [0.15, 0.2) is 0 Å². The molecule has 0 saturated carbocycles. The van der Waals surface area contributed by atoms with Gasteiger partial charge in [0, 0.05) is 11.1 Å². The lowest BCUT2D eigenvalue weighted by Gasteiger charge is -2.05. The van der Waals surface area contributed by atoms with Crippen LogP contribution in [0.1, 0.15) is 4.88 Å². The van der Waals surface area contributed by atoms with Crippen LogP contribution in [0.2, 0.25) is 10.0 Å². The van der Waals surface area contributed by atoms with Crippen molar-refractivity contribution in [3.8, 4) is 0 Å². The molecule has 15 heavy (non-hydrogen) atoms. The third kappa shape index (κ3) is 2.84. The molecule has 2 nitrogen and oxygen atoms in total. The quantitative estimate of drug-likeness (QED) is 0.898. The molecule has 2 heterocycles. The van der Waals surface area contributed by atoms with E-state index in [-0.39, 0.29) is 0 Å². The van der Waals surface area contributed by atoms with Gasteiger partial charge in [-0.2, -0.15) is 0 Å². The molecular weight excluding hydrogens is 251 g/mol. The molecule has 0 fully saturated rings. The van der Waals surface area contributed by atoms with Gasteiger partial charge < -0.3 is 5.32 Å². The number of anilines is 1. The molecule has 0 bridgehead atoms. The summed E-state index contributed by atoms with van der Waals surface area (Å²) in [5.41, 5.74) is 0. The predicted molar refractivity (Wildman–Crippen MR) is 65.9 cm³/mol. The number of rotatable bonds is 3. The first-order chi connectivity index (χ1) is 7.25. The Labute approximate surface area is 102 Å². The minimum Gasteiger partial charge on any atom is -0.364 e. The largest absolute Gasteiger partial charge is 0.364 e. The minimum absolute atomic E-state index is 0.541. The van der Waals surface area contributed by atoms with Crippen molar-refractivity contribution in [2.24, 2.45) is 0 Å². The van der Waals surface area contributed by atoms with Crippen LogP contribution >= 0.6 is 34.5 Å². The van der Waals surface area contributed by atoms with Gasteiger partial charge in [0.2, 0.25) is 0 Å². The zero-order chi connectivity index (χ0) is 10.7. The van der Waals surface area contributed by atoms with E-state index in [4.69, 9.17) is 23.2 Å². The van der Waals surface area contributed by atoms with Crippen LogP contribution in [-0.2, 0) is 6.54 Å². The highest BCUT2D eigenvalue weighted by Gasteiger charge is 2.02. The Kier molecular flexibility index (Phi) is 3.46. The van der Waals surface area contributed by atoms with Crippen molar-refractivity contribution in [2.45, 2.75) is 6.54 Å². The molecule has 2 aromatic heterocycles. The maximum Gasteiger partial charge on any atom is 0.145 e. The van der Waals surface area contributed by atoms with Gasteiger partial charge in [-0.1, -0.05) is 29.3 Å². The lowest BCUT2D eigenvalue weighted by molar-refractivity contribution is 1.14. The molecule has 0 aromatic carbocycles. The normalized spacial score (nSPS) is 10.3. The molecule has 0 atom stereocenters. The van der Waals surface area contributed by atoms with Gasteiger partial charge in [-0.3, -0.25) is 0 Å². The molecule has 5 heteroatoms. The zero-order valence-corrected chi connectivity index (χ0v) is 10.0. The molecule has 0 radical (unpaired) electrons. The molecule has 0 aliphatic rings. The smallest absolute Gasteiger partial charge is 0.145 e. The van der Waals surface area contributed by atoms with Crippen molar-refractivity contribution in [1.82, 2.24) is 4.98 Å². The molecule has 2 aromatic rings. The van der Waals surface area contributed by atoms with Crippen molar-refractivity contribution < 1.29 is 0 Å². The van der Waals surface area contributed by atoms with E-state index < -0.39 is 0 Å². The summed E-state index contributed by atoms with van der Waals surface area (Å²) in [4.78, 5) is 5.35. The van der Waals surface area contributed by atoms with Gasteiger partial charge in [-0.05, 0) is 17.5 Å². The van der Waals surface area contributed by atoms with E-state index in [1.807, 2.05) is 11.4 Å². The Morgan fingerprint density at radius 3 is 2.93 bits per heavy atom. The lowest BCUT2D eigenvalue weighted by atomic mass is 10.4. The second-order valence-electron chi connectivity index (χ2n) is 2.92. The maximum absolute atomic E-state index is 5.96. The lowest BCUT2D eigenvalue weighted by Crippen LogP contribution is -2.00. The molecule has 78 valence electrons. The summed E-state index contributed by atoms with van der Waals surface area (Å²) in [6.45, 7) is 0.728. The number of pyridine rings is 1. The summed E-state index contributed by atoms with van der Waals surface area (Å²) in [6, 6.07) is 5.74. The zero-order valence-electron chi connectivity index (χ0n) is 7.71. The standard InChI is InChI=1S/C10H8Cl2N2S/c11-7-4-9(12)10(13-5-7)14-6-8-2-1-3-15-8/h1-5H,6H2,(H,13,14). The highest BCUT2D eigenvalue weighted by Crippen LogP contribution is 2.23. The highest BCUT2D eigenvalue weighted by atomic mass is 35.5. The summed E-state index contributed by atoms with van der Waals surface area (Å²) < 4.78 is 0. The summed E-state index contributed by atoms with van der Waals surface area (Å²) >= 11 is 13.4. The molecule has 2 rings (SSSR count). The molecule has 0 saturated heterocycles. The fourth-order valence-electron chi connectivity index (χ4n) is 1.13. The first-order valence-corrected chi connectivity index (χ1v) is 5.96. The van der Waals surface area contributed by atoms with Crippen LogP contribution < -0.4 is 5.32 Å². The third-order valence-corrected chi connectivity index (χ3v) is 3.19. The van der Waals surface area contributed by atoms with Gasteiger partial charge in [0.05, 0.1) is 16.6 Å². The van der Waals surface area contributed by atoms with E-state index >= 15 is 0 Å². The van der Waals surface area contributed by atoms with Crippen molar-refractivity contribution >= 4 is 40.4 Å². The van der Waals surface area contributed by atoms with Gasteiger partial charge in [0.1, 0.15) is 5.82 Å². The third-order valence-electron chi connectivity index (χ3n) is 1.82. The predicted octanol–water partition coefficient (Wildman–Crippen LogP) is 4.06. The Morgan fingerprint density at radius 2 is 2.27 bits per heavy atom. The fraction of sp³-hybridized carbons (Fsp3) is 0.100. The fourth-order valence-corrected chi connectivity index (χ4v) is 2.22. The number of aromatic nitrogens is 1. The van der Waals surface area contributed by atoms with Crippen LogP contribution in [0.25, 0.3) is 0 Å². The highest BCUT2D eigenvalue weighted by molar-refractivity contribution is 7.09. The Morgan fingerprint density at radius 1 is 1.40 bits per heavy atom. The molecule has 0 aliphatic heterocycles. The van der Waals surface area contributed by atoms with Crippen LogP contribution in [0.15, 0.2) is 29.8 Å². The van der Waals surface area contributed by atoms with E-state index in [2.05, 4.69) is 16.4 Å². The molecular formula is C10H8Cl2N2S. The van der Waals surface area contributed by atoms with Crippen LogP contribution in [-0.4, -0.2) is 4.98 Å². The maximum atomic E-state index is 5.96. The number of thiophene rings is 1.